The molecule has 5 nitrogen and oxygen atoms in total. The molecule has 7 heteroatoms. The number of anilines is 1. The minimum atomic E-state index is -3.60. The molecule has 1 heterocycles. The first kappa shape index (κ1) is 19.9. The monoisotopic (exact) mass is 406 g/mol. The number of nitrogens with one attached hydrogen (secondary N) is 1. The third kappa shape index (κ3) is 4.51. The molecule has 1 atom stereocenters. The third-order valence-corrected chi connectivity index (χ3v) is 6.97. The van der Waals surface area contributed by atoms with Crippen LogP contribution in [0, 0.1) is 19.8 Å². The van der Waals surface area contributed by atoms with Crippen LogP contribution in [0.25, 0.3) is 0 Å². The fourth-order valence-corrected chi connectivity index (χ4v) is 4.99. The number of benzene rings is 2. The Bertz CT molecular complexity index is 942. The van der Waals surface area contributed by atoms with Crippen molar-refractivity contribution < 1.29 is 13.2 Å². The summed E-state index contributed by atoms with van der Waals surface area (Å²) < 4.78 is 27.2. The number of rotatable bonds is 4. The van der Waals surface area contributed by atoms with Crippen molar-refractivity contribution >= 4 is 33.2 Å². The van der Waals surface area contributed by atoms with Crippen molar-refractivity contribution in [3.8, 4) is 0 Å². The van der Waals surface area contributed by atoms with E-state index < -0.39 is 10.0 Å². The van der Waals surface area contributed by atoms with Crippen molar-refractivity contribution in [3.63, 3.8) is 0 Å². The van der Waals surface area contributed by atoms with E-state index in [4.69, 9.17) is 11.6 Å². The largest absolute Gasteiger partial charge is 0.326 e. The number of nitrogens with zero attached hydrogens (tertiary/aromatic N) is 1. The van der Waals surface area contributed by atoms with Gasteiger partial charge < -0.3 is 5.32 Å². The molecule has 1 fully saturated rings. The van der Waals surface area contributed by atoms with E-state index in [9.17, 15) is 13.2 Å². The van der Waals surface area contributed by atoms with Crippen molar-refractivity contribution in [2.24, 2.45) is 5.92 Å². The molecule has 1 amide bonds. The lowest BCUT2D eigenvalue weighted by atomic mass is 9.98. The molecule has 2 aromatic carbocycles. The molecule has 2 aromatic rings. The molecule has 27 heavy (non-hydrogen) atoms. The van der Waals surface area contributed by atoms with Crippen molar-refractivity contribution in [3.05, 3.63) is 58.6 Å². The van der Waals surface area contributed by atoms with Crippen LogP contribution in [-0.4, -0.2) is 31.7 Å². The maximum absolute atomic E-state index is 12.9. The summed E-state index contributed by atoms with van der Waals surface area (Å²) in [6, 6.07) is 12.1. The molecule has 1 aliphatic rings. The van der Waals surface area contributed by atoms with Crippen LogP contribution < -0.4 is 5.32 Å². The molecule has 1 N–H and O–H groups in total. The molecule has 0 aromatic heterocycles. The van der Waals surface area contributed by atoms with Gasteiger partial charge in [0.25, 0.3) is 0 Å². The van der Waals surface area contributed by atoms with Gasteiger partial charge in [0.05, 0.1) is 10.8 Å². The number of aryl methyl sites for hydroxylation is 2. The fourth-order valence-electron chi connectivity index (χ4n) is 3.24. The number of halogens is 1. The number of hydrogen-bond donors (Lipinski definition) is 1. The van der Waals surface area contributed by atoms with Gasteiger partial charge >= 0.3 is 0 Å². The summed E-state index contributed by atoms with van der Waals surface area (Å²) in [6.45, 7) is 4.40. The Labute approximate surface area is 165 Å². The Hall–Kier alpha value is -1.89. The highest BCUT2D eigenvalue weighted by Gasteiger charge is 2.33. The van der Waals surface area contributed by atoms with Gasteiger partial charge in [-0.1, -0.05) is 29.3 Å². The first-order valence-corrected chi connectivity index (χ1v) is 10.7. The lowest BCUT2D eigenvalue weighted by Gasteiger charge is -2.31. The van der Waals surface area contributed by atoms with Gasteiger partial charge in [0, 0.05) is 23.8 Å². The van der Waals surface area contributed by atoms with Crippen molar-refractivity contribution in [1.29, 1.82) is 0 Å². The minimum absolute atomic E-state index is 0.163. The van der Waals surface area contributed by atoms with E-state index in [0.29, 0.717) is 30.1 Å². The van der Waals surface area contributed by atoms with Gasteiger partial charge in [-0.25, -0.2) is 8.42 Å². The Morgan fingerprint density at radius 3 is 2.52 bits per heavy atom. The number of sulfonamides is 1. The van der Waals surface area contributed by atoms with Gasteiger partial charge in [0.2, 0.25) is 15.9 Å². The van der Waals surface area contributed by atoms with Gasteiger partial charge in [0.15, 0.2) is 0 Å². The molecule has 0 aliphatic carbocycles. The number of hydrogen-bond acceptors (Lipinski definition) is 3. The zero-order valence-corrected chi connectivity index (χ0v) is 17.0. The maximum atomic E-state index is 12.9. The predicted molar refractivity (Wildman–Crippen MR) is 107 cm³/mol. The summed E-state index contributed by atoms with van der Waals surface area (Å²) in [5.74, 6) is -0.543. The van der Waals surface area contributed by atoms with Crippen LogP contribution in [0.15, 0.2) is 47.4 Å². The van der Waals surface area contributed by atoms with E-state index in [1.807, 2.05) is 13.8 Å². The van der Waals surface area contributed by atoms with Crippen LogP contribution in [0.4, 0.5) is 5.69 Å². The standard InChI is InChI=1S/C20H23ClN2O3S/c1-14-5-8-18(9-6-14)27(25,26)23-11-3-4-16(13-23)20(24)22-19-10-7-17(21)12-15(19)2/h5-10,12,16H,3-4,11,13H2,1-2H3,(H,22,24). The van der Waals surface area contributed by atoms with Crippen molar-refractivity contribution in [2.75, 3.05) is 18.4 Å². The zero-order chi connectivity index (χ0) is 19.6. The molecule has 0 radical (unpaired) electrons. The highest BCUT2D eigenvalue weighted by atomic mass is 35.5. The van der Waals surface area contributed by atoms with E-state index in [0.717, 1.165) is 11.1 Å². The quantitative estimate of drug-likeness (QED) is 0.834. The summed E-state index contributed by atoms with van der Waals surface area (Å²) >= 11 is 5.95. The second kappa shape index (κ2) is 8.00. The van der Waals surface area contributed by atoms with Gasteiger partial charge in [-0.2, -0.15) is 4.31 Å². The molecule has 1 saturated heterocycles. The molecule has 3 rings (SSSR count). The lowest BCUT2D eigenvalue weighted by molar-refractivity contribution is -0.120. The molecule has 0 saturated carbocycles. The zero-order valence-electron chi connectivity index (χ0n) is 15.4. The summed E-state index contributed by atoms with van der Waals surface area (Å²) in [4.78, 5) is 13.0. The van der Waals surface area contributed by atoms with Gasteiger partial charge in [0.1, 0.15) is 0 Å². The van der Waals surface area contributed by atoms with Crippen LogP contribution in [0.1, 0.15) is 24.0 Å². The van der Waals surface area contributed by atoms with Crippen LogP contribution in [0.2, 0.25) is 5.02 Å². The first-order chi connectivity index (χ1) is 12.8. The molecular formula is C20H23ClN2O3S. The highest BCUT2D eigenvalue weighted by Crippen LogP contribution is 2.26. The second-order valence-electron chi connectivity index (χ2n) is 6.96. The Morgan fingerprint density at radius 2 is 1.85 bits per heavy atom. The first-order valence-electron chi connectivity index (χ1n) is 8.91. The molecule has 1 unspecified atom stereocenters. The van der Waals surface area contributed by atoms with E-state index in [1.165, 1.54) is 4.31 Å². The molecule has 1 aliphatic heterocycles. The van der Waals surface area contributed by atoms with E-state index in [2.05, 4.69) is 5.32 Å². The fraction of sp³-hybridized carbons (Fsp3) is 0.350. The predicted octanol–water partition coefficient (Wildman–Crippen LogP) is 4.00. The highest BCUT2D eigenvalue weighted by molar-refractivity contribution is 7.89. The lowest BCUT2D eigenvalue weighted by Crippen LogP contribution is -2.43. The second-order valence-corrected chi connectivity index (χ2v) is 9.34. The summed E-state index contributed by atoms with van der Waals surface area (Å²) in [7, 11) is -3.60. The smallest absolute Gasteiger partial charge is 0.243 e. The van der Waals surface area contributed by atoms with Crippen LogP contribution in [0.5, 0.6) is 0 Å². The van der Waals surface area contributed by atoms with Crippen LogP contribution in [-0.2, 0) is 14.8 Å². The van der Waals surface area contributed by atoms with E-state index >= 15 is 0 Å². The molecule has 0 bridgehead atoms. The van der Waals surface area contributed by atoms with E-state index in [1.54, 1.807) is 42.5 Å². The van der Waals surface area contributed by atoms with Crippen LogP contribution in [0.3, 0.4) is 0 Å². The molecule has 0 spiro atoms. The maximum Gasteiger partial charge on any atom is 0.243 e. The summed E-state index contributed by atoms with van der Waals surface area (Å²) in [5.41, 5.74) is 2.57. The Balaban J connectivity index is 1.73. The number of amides is 1. The normalized spacial score (nSPS) is 18.3. The third-order valence-electron chi connectivity index (χ3n) is 4.86. The number of carbonyl (C=O) groups excluding carboxylic acids is 1. The minimum Gasteiger partial charge on any atom is -0.326 e. The van der Waals surface area contributed by atoms with Crippen molar-refractivity contribution in [2.45, 2.75) is 31.6 Å². The topological polar surface area (TPSA) is 66.5 Å². The van der Waals surface area contributed by atoms with E-state index in [-0.39, 0.29) is 23.3 Å². The van der Waals surface area contributed by atoms with Gasteiger partial charge in [-0.05, 0) is 62.6 Å². The summed E-state index contributed by atoms with van der Waals surface area (Å²) in [5, 5.41) is 3.52. The SMILES string of the molecule is Cc1ccc(S(=O)(=O)N2CCCC(C(=O)Nc3ccc(Cl)cc3C)C2)cc1. The number of piperidine rings is 1. The summed E-state index contributed by atoms with van der Waals surface area (Å²) in [6.07, 6.45) is 1.32. The van der Waals surface area contributed by atoms with Gasteiger partial charge in [-0.3, -0.25) is 4.79 Å². The Kier molecular flexibility index (Phi) is 5.89. The number of carbonyl (C=O) groups is 1. The van der Waals surface area contributed by atoms with Crippen molar-refractivity contribution in [1.82, 2.24) is 4.31 Å². The molecule has 144 valence electrons. The Morgan fingerprint density at radius 1 is 1.15 bits per heavy atom. The molecular weight excluding hydrogens is 384 g/mol. The average molecular weight is 407 g/mol. The van der Waals surface area contributed by atoms with Gasteiger partial charge in [-0.15, -0.1) is 0 Å². The average Bonchev–Trinajstić information content (AvgIpc) is 2.64. The van der Waals surface area contributed by atoms with Crippen LogP contribution >= 0.6 is 11.6 Å².